The van der Waals surface area contributed by atoms with Gasteiger partial charge in [0.05, 0.1) is 0 Å². The van der Waals surface area contributed by atoms with E-state index < -0.39 is 0 Å². The van der Waals surface area contributed by atoms with E-state index in [0.717, 1.165) is 6.42 Å². The van der Waals surface area contributed by atoms with Gasteiger partial charge in [-0.3, -0.25) is 0 Å². The fourth-order valence-electron chi connectivity index (χ4n) is 2.07. The first-order chi connectivity index (χ1) is 13.2. The second-order valence-corrected chi connectivity index (χ2v) is 5.30. The summed E-state index contributed by atoms with van der Waals surface area (Å²) < 4.78 is 0. The Morgan fingerprint density at radius 1 is 0.407 bits per heavy atom. The minimum Gasteiger partial charge on any atom is -0.0683 e. The van der Waals surface area contributed by atoms with Crippen LogP contribution >= 0.6 is 0 Å². The SMILES string of the molecule is CC.CC.CC.Cc1ccc(Cc2ccccc2)cc1.Cc1ccccc1. The van der Waals surface area contributed by atoms with Crippen LogP contribution in [0.4, 0.5) is 0 Å². The molecule has 0 amide bonds. The first-order valence-electron chi connectivity index (χ1n) is 10.3. The van der Waals surface area contributed by atoms with Gasteiger partial charge in [0.15, 0.2) is 0 Å². The smallest absolute Gasteiger partial charge is 0.00258 e. The van der Waals surface area contributed by atoms with Gasteiger partial charge in [-0.25, -0.2) is 0 Å². The molecule has 0 radical (unpaired) electrons. The highest BCUT2D eigenvalue weighted by Gasteiger charge is 1.94. The minimum atomic E-state index is 1.03. The number of hydrogen-bond donors (Lipinski definition) is 0. The van der Waals surface area contributed by atoms with Gasteiger partial charge < -0.3 is 0 Å². The Balaban J connectivity index is 0. The van der Waals surface area contributed by atoms with E-state index in [-0.39, 0.29) is 0 Å². The van der Waals surface area contributed by atoms with Crippen molar-refractivity contribution in [2.45, 2.75) is 61.8 Å². The summed E-state index contributed by atoms with van der Waals surface area (Å²) in [5.41, 5.74) is 5.39. The van der Waals surface area contributed by atoms with Crippen molar-refractivity contribution in [3.05, 3.63) is 107 Å². The quantitative estimate of drug-likeness (QED) is 0.426. The monoisotopic (exact) mass is 364 g/mol. The molecule has 0 fully saturated rings. The molecule has 3 aromatic carbocycles. The highest BCUT2D eigenvalue weighted by Crippen LogP contribution is 2.09. The summed E-state index contributed by atoms with van der Waals surface area (Å²) in [5.74, 6) is 0. The van der Waals surface area contributed by atoms with E-state index in [2.05, 4.69) is 80.6 Å². The molecule has 0 atom stereocenters. The van der Waals surface area contributed by atoms with Crippen LogP contribution in [0, 0.1) is 13.8 Å². The maximum Gasteiger partial charge on any atom is -0.00258 e. The molecule has 0 spiro atoms. The molecule has 0 saturated heterocycles. The zero-order valence-electron chi connectivity index (χ0n) is 18.8. The van der Waals surface area contributed by atoms with Gasteiger partial charge in [-0.15, -0.1) is 0 Å². The summed E-state index contributed by atoms with van der Waals surface area (Å²) in [5, 5.41) is 0. The molecule has 0 N–H and O–H groups in total. The second kappa shape index (κ2) is 20.0. The first-order valence-corrected chi connectivity index (χ1v) is 10.3. The summed E-state index contributed by atoms with van der Waals surface area (Å²) in [7, 11) is 0. The molecule has 27 heavy (non-hydrogen) atoms. The lowest BCUT2D eigenvalue weighted by Gasteiger charge is -2.01. The molecule has 0 bridgehead atoms. The Morgan fingerprint density at radius 2 is 0.741 bits per heavy atom. The molecule has 3 rings (SSSR count). The van der Waals surface area contributed by atoms with Crippen LogP contribution < -0.4 is 0 Å². The molecular formula is C27H40. The molecular weight excluding hydrogens is 324 g/mol. The van der Waals surface area contributed by atoms with Crippen molar-refractivity contribution < 1.29 is 0 Å². The van der Waals surface area contributed by atoms with Crippen LogP contribution in [-0.4, -0.2) is 0 Å². The molecule has 0 aliphatic carbocycles. The van der Waals surface area contributed by atoms with Crippen molar-refractivity contribution in [3.8, 4) is 0 Å². The maximum atomic E-state index is 2.20. The van der Waals surface area contributed by atoms with Crippen LogP contribution in [0.5, 0.6) is 0 Å². The lowest BCUT2D eigenvalue weighted by molar-refractivity contribution is 1.19. The molecule has 3 aromatic rings. The van der Waals surface area contributed by atoms with Gasteiger partial charge >= 0.3 is 0 Å². The van der Waals surface area contributed by atoms with E-state index in [9.17, 15) is 0 Å². The van der Waals surface area contributed by atoms with Crippen molar-refractivity contribution in [2.24, 2.45) is 0 Å². The Labute approximate surface area is 169 Å². The molecule has 148 valence electrons. The van der Waals surface area contributed by atoms with Gasteiger partial charge in [0, 0.05) is 0 Å². The fourth-order valence-corrected chi connectivity index (χ4v) is 2.07. The largest absolute Gasteiger partial charge is 0.0683 e. The summed E-state index contributed by atoms with van der Waals surface area (Å²) in [6.45, 7) is 16.2. The van der Waals surface area contributed by atoms with E-state index in [4.69, 9.17) is 0 Å². The zero-order valence-corrected chi connectivity index (χ0v) is 18.8. The minimum absolute atomic E-state index is 1.03. The van der Waals surface area contributed by atoms with E-state index in [1.54, 1.807) is 0 Å². The molecule has 0 aliphatic heterocycles. The normalized spacial score (nSPS) is 8.15. The van der Waals surface area contributed by atoms with Crippen molar-refractivity contribution in [1.82, 2.24) is 0 Å². The van der Waals surface area contributed by atoms with E-state index >= 15 is 0 Å². The number of aryl methyl sites for hydroxylation is 2. The van der Waals surface area contributed by atoms with Crippen LogP contribution in [0.3, 0.4) is 0 Å². The molecule has 0 heteroatoms. The van der Waals surface area contributed by atoms with Gasteiger partial charge in [0.25, 0.3) is 0 Å². The van der Waals surface area contributed by atoms with Gasteiger partial charge in [-0.2, -0.15) is 0 Å². The lowest BCUT2D eigenvalue weighted by atomic mass is 10.0. The van der Waals surface area contributed by atoms with Crippen molar-refractivity contribution in [3.63, 3.8) is 0 Å². The van der Waals surface area contributed by atoms with Crippen molar-refractivity contribution in [1.29, 1.82) is 0 Å². The molecule has 0 unspecified atom stereocenters. The summed E-state index contributed by atoms with van der Waals surface area (Å²) in [4.78, 5) is 0. The zero-order chi connectivity index (χ0) is 20.9. The topological polar surface area (TPSA) is 0 Å². The van der Waals surface area contributed by atoms with Gasteiger partial charge in [0.2, 0.25) is 0 Å². The number of rotatable bonds is 2. The molecule has 0 saturated carbocycles. The second-order valence-electron chi connectivity index (χ2n) is 5.30. The lowest BCUT2D eigenvalue weighted by Crippen LogP contribution is -1.86. The maximum absolute atomic E-state index is 2.20. The third-order valence-corrected chi connectivity index (χ3v) is 3.31. The Hall–Kier alpha value is -2.34. The van der Waals surface area contributed by atoms with Crippen LogP contribution in [0.1, 0.15) is 63.8 Å². The van der Waals surface area contributed by atoms with E-state index in [1.165, 1.54) is 22.3 Å². The Bertz CT molecular complexity index is 622. The summed E-state index contributed by atoms with van der Waals surface area (Å²) >= 11 is 0. The summed E-state index contributed by atoms with van der Waals surface area (Å²) in [6.07, 6.45) is 1.03. The Morgan fingerprint density at radius 3 is 1.11 bits per heavy atom. The molecule has 0 heterocycles. The molecule has 0 nitrogen and oxygen atoms in total. The van der Waals surface area contributed by atoms with Crippen LogP contribution in [0.25, 0.3) is 0 Å². The molecule has 0 aliphatic rings. The van der Waals surface area contributed by atoms with E-state index in [0.29, 0.717) is 0 Å². The number of hydrogen-bond acceptors (Lipinski definition) is 0. The predicted octanol–water partition coefficient (Wildman–Crippen LogP) is 8.66. The van der Waals surface area contributed by atoms with Crippen molar-refractivity contribution >= 4 is 0 Å². The van der Waals surface area contributed by atoms with Crippen LogP contribution in [-0.2, 0) is 6.42 Å². The van der Waals surface area contributed by atoms with Gasteiger partial charge in [-0.05, 0) is 31.4 Å². The standard InChI is InChI=1S/C14H14.C7H8.3C2H6/c1-12-7-9-14(10-8-12)11-13-5-3-2-4-6-13;1-7-5-3-2-4-6-7;3*1-2/h2-10H,11H2,1H3;2-6H,1H3;3*1-2H3. The van der Waals surface area contributed by atoms with Crippen LogP contribution in [0.15, 0.2) is 84.9 Å². The fraction of sp³-hybridized carbons (Fsp3) is 0.333. The third kappa shape index (κ3) is 14.5. The summed E-state index contributed by atoms with van der Waals surface area (Å²) in [6, 6.07) is 29.5. The molecule has 0 aromatic heterocycles. The van der Waals surface area contributed by atoms with Gasteiger partial charge in [-0.1, -0.05) is 138 Å². The first kappa shape index (κ1) is 26.9. The Kier molecular flexibility index (Phi) is 19.9. The van der Waals surface area contributed by atoms with Crippen LogP contribution in [0.2, 0.25) is 0 Å². The third-order valence-electron chi connectivity index (χ3n) is 3.31. The predicted molar refractivity (Wildman–Crippen MR) is 126 cm³/mol. The highest BCUT2D eigenvalue weighted by atomic mass is 14.0. The number of benzene rings is 3. The highest BCUT2D eigenvalue weighted by molar-refractivity contribution is 5.28. The average Bonchev–Trinajstić information content (AvgIpc) is 2.76. The van der Waals surface area contributed by atoms with E-state index in [1.807, 2.05) is 59.7 Å². The average molecular weight is 365 g/mol. The van der Waals surface area contributed by atoms with Gasteiger partial charge in [0.1, 0.15) is 0 Å². The van der Waals surface area contributed by atoms with Crippen molar-refractivity contribution in [2.75, 3.05) is 0 Å².